The number of nitrogens with one attached hydrogen (secondary N) is 1. The van der Waals surface area contributed by atoms with Crippen molar-refractivity contribution in [2.75, 3.05) is 6.54 Å². The van der Waals surface area contributed by atoms with Gasteiger partial charge in [-0.1, -0.05) is 68.2 Å². The van der Waals surface area contributed by atoms with Crippen molar-refractivity contribution in [2.24, 2.45) is 5.92 Å². The van der Waals surface area contributed by atoms with Crippen LogP contribution in [0.3, 0.4) is 0 Å². The van der Waals surface area contributed by atoms with Gasteiger partial charge in [0.15, 0.2) is 5.78 Å². The molecule has 0 saturated heterocycles. The average Bonchev–Trinajstić information content (AvgIpc) is 2.64. The van der Waals surface area contributed by atoms with Crippen molar-refractivity contribution in [2.45, 2.75) is 20.5 Å². The molecule has 0 bridgehead atoms. The number of hydrogen-bond acceptors (Lipinski definition) is 3. The van der Waals surface area contributed by atoms with E-state index in [1.807, 2.05) is 44.2 Å². The van der Waals surface area contributed by atoms with E-state index in [1.165, 1.54) is 0 Å². The van der Waals surface area contributed by atoms with Gasteiger partial charge in [0.2, 0.25) is 0 Å². The van der Waals surface area contributed by atoms with Gasteiger partial charge in [0.1, 0.15) is 6.61 Å². The summed E-state index contributed by atoms with van der Waals surface area (Å²) < 4.78 is 5.09. The number of carbonyl (C=O) groups is 2. The molecule has 0 aliphatic rings. The third-order valence-electron chi connectivity index (χ3n) is 3.46. The molecule has 2 rings (SSSR count). The Morgan fingerprint density at radius 2 is 1.72 bits per heavy atom. The van der Waals surface area contributed by atoms with Crippen molar-refractivity contribution in [1.82, 2.24) is 5.32 Å². The van der Waals surface area contributed by atoms with E-state index in [1.54, 1.807) is 24.3 Å². The molecule has 1 amide bonds. The smallest absolute Gasteiger partial charge is 0.408 e. The van der Waals surface area contributed by atoms with Crippen LogP contribution < -0.4 is 5.32 Å². The molecule has 0 unspecified atom stereocenters. The zero-order valence-corrected chi connectivity index (χ0v) is 14.4. The summed E-state index contributed by atoms with van der Waals surface area (Å²) in [4.78, 5) is 23.4. The Labute approximate surface area is 148 Å². The van der Waals surface area contributed by atoms with Crippen molar-refractivity contribution in [3.05, 3.63) is 71.3 Å². The van der Waals surface area contributed by atoms with Gasteiger partial charge in [-0.25, -0.2) is 4.79 Å². The van der Waals surface area contributed by atoms with Crippen LogP contribution in [0.15, 0.2) is 54.6 Å². The number of Topliss-reactive ketones (excluding diaryl/α,β-unsaturated/α-hetero) is 1. The van der Waals surface area contributed by atoms with Gasteiger partial charge in [0.25, 0.3) is 0 Å². The Hall–Kier alpha value is -3.06. The van der Waals surface area contributed by atoms with Crippen molar-refractivity contribution in [1.29, 1.82) is 0 Å². The second-order valence-corrected chi connectivity index (χ2v) is 5.81. The quantitative estimate of drug-likeness (QED) is 0.668. The average molecular weight is 335 g/mol. The molecule has 0 radical (unpaired) electrons. The van der Waals surface area contributed by atoms with E-state index in [2.05, 4.69) is 17.2 Å². The summed E-state index contributed by atoms with van der Waals surface area (Å²) in [6.07, 6.45) is -0.504. The normalized spacial score (nSPS) is 9.88. The van der Waals surface area contributed by atoms with E-state index in [0.717, 1.165) is 11.1 Å². The van der Waals surface area contributed by atoms with Crippen LogP contribution in [0.4, 0.5) is 4.79 Å². The molecule has 0 aliphatic heterocycles. The number of amides is 1. The number of hydrogen-bond donors (Lipinski definition) is 1. The zero-order chi connectivity index (χ0) is 18.1. The SMILES string of the molecule is CC(C)C(=O)c1ccc(C#CCNC(=O)OCc2ccccc2)cc1. The second-order valence-electron chi connectivity index (χ2n) is 5.81. The molecule has 0 heterocycles. The number of ether oxygens (including phenoxy) is 1. The van der Waals surface area contributed by atoms with E-state index < -0.39 is 6.09 Å². The van der Waals surface area contributed by atoms with Gasteiger partial charge in [-0.2, -0.15) is 0 Å². The third kappa shape index (κ3) is 6.15. The van der Waals surface area contributed by atoms with Crippen LogP contribution in [0.1, 0.15) is 35.3 Å². The standard InChI is InChI=1S/C21H21NO3/c1-16(2)20(23)19-12-10-17(11-13-19)9-6-14-22-21(24)25-15-18-7-4-3-5-8-18/h3-5,7-8,10-13,16H,14-15H2,1-2H3,(H,22,24). The van der Waals surface area contributed by atoms with Crippen LogP contribution in [-0.2, 0) is 11.3 Å². The first-order valence-corrected chi connectivity index (χ1v) is 8.14. The first kappa shape index (κ1) is 18.3. The molecule has 128 valence electrons. The third-order valence-corrected chi connectivity index (χ3v) is 3.46. The maximum Gasteiger partial charge on any atom is 0.408 e. The van der Waals surface area contributed by atoms with Crippen molar-refractivity contribution in [3.8, 4) is 11.8 Å². The molecular formula is C21H21NO3. The van der Waals surface area contributed by atoms with Crippen LogP contribution in [0.2, 0.25) is 0 Å². The monoisotopic (exact) mass is 335 g/mol. The minimum absolute atomic E-state index is 0.0250. The van der Waals surface area contributed by atoms with Crippen molar-refractivity contribution >= 4 is 11.9 Å². The molecule has 25 heavy (non-hydrogen) atoms. The Kier molecular flexibility index (Phi) is 6.79. The summed E-state index contributed by atoms with van der Waals surface area (Å²) in [6, 6.07) is 16.6. The molecule has 1 N–H and O–H groups in total. The highest BCUT2D eigenvalue weighted by Gasteiger charge is 2.09. The Morgan fingerprint density at radius 1 is 1.04 bits per heavy atom. The van der Waals surface area contributed by atoms with E-state index in [-0.39, 0.29) is 24.9 Å². The maximum absolute atomic E-state index is 11.9. The van der Waals surface area contributed by atoms with Gasteiger partial charge >= 0.3 is 6.09 Å². The highest BCUT2D eigenvalue weighted by Crippen LogP contribution is 2.09. The lowest BCUT2D eigenvalue weighted by Gasteiger charge is -2.04. The number of carbonyl (C=O) groups excluding carboxylic acids is 2. The van der Waals surface area contributed by atoms with Crippen LogP contribution in [0, 0.1) is 17.8 Å². The van der Waals surface area contributed by atoms with Crippen LogP contribution in [0.25, 0.3) is 0 Å². The molecule has 0 atom stereocenters. The highest BCUT2D eigenvalue weighted by molar-refractivity contribution is 5.97. The number of alkyl carbamates (subject to hydrolysis) is 1. The lowest BCUT2D eigenvalue weighted by Crippen LogP contribution is -2.24. The summed E-state index contributed by atoms with van der Waals surface area (Å²) in [5.74, 6) is 5.88. The van der Waals surface area contributed by atoms with Crippen molar-refractivity contribution < 1.29 is 14.3 Å². The Morgan fingerprint density at radius 3 is 2.36 bits per heavy atom. The van der Waals surface area contributed by atoms with E-state index in [9.17, 15) is 9.59 Å². The minimum atomic E-state index is -0.504. The topological polar surface area (TPSA) is 55.4 Å². The number of benzene rings is 2. The predicted octanol–water partition coefficient (Wildman–Crippen LogP) is 3.80. The molecule has 2 aromatic rings. The van der Waals surface area contributed by atoms with Gasteiger partial charge in [0, 0.05) is 17.0 Å². The first-order valence-electron chi connectivity index (χ1n) is 8.14. The summed E-state index contributed by atoms with van der Waals surface area (Å²) in [7, 11) is 0. The summed E-state index contributed by atoms with van der Waals surface area (Å²) in [5.41, 5.74) is 2.41. The molecule has 4 nitrogen and oxygen atoms in total. The molecule has 0 fully saturated rings. The van der Waals surface area contributed by atoms with Gasteiger partial charge < -0.3 is 10.1 Å². The fraction of sp³-hybridized carbons (Fsp3) is 0.238. The van der Waals surface area contributed by atoms with Crippen LogP contribution in [0.5, 0.6) is 0 Å². The Bertz CT molecular complexity index is 768. The van der Waals surface area contributed by atoms with E-state index in [0.29, 0.717) is 5.56 Å². The van der Waals surface area contributed by atoms with E-state index >= 15 is 0 Å². The number of ketones is 1. The Balaban J connectivity index is 1.76. The van der Waals surface area contributed by atoms with Crippen molar-refractivity contribution in [3.63, 3.8) is 0 Å². The minimum Gasteiger partial charge on any atom is -0.445 e. The molecule has 0 aliphatic carbocycles. The highest BCUT2D eigenvalue weighted by atomic mass is 16.5. The summed E-state index contributed by atoms with van der Waals surface area (Å²) in [6.45, 7) is 4.17. The van der Waals surface area contributed by atoms with Gasteiger partial charge in [-0.05, 0) is 17.7 Å². The fourth-order valence-electron chi connectivity index (χ4n) is 2.09. The largest absolute Gasteiger partial charge is 0.445 e. The van der Waals surface area contributed by atoms with Gasteiger partial charge in [0.05, 0.1) is 6.54 Å². The second kappa shape index (κ2) is 9.29. The first-order chi connectivity index (χ1) is 12.1. The molecular weight excluding hydrogens is 314 g/mol. The summed E-state index contributed by atoms with van der Waals surface area (Å²) >= 11 is 0. The van der Waals surface area contributed by atoms with Gasteiger partial charge in [-0.15, -0.1) is 0 Å². The van der Waals surface area contributed by atoms with E-state index in [4.69, 9.17) is 4.74 Å². The number of rotatable bonds is 5. The molecule has 4 heteroatoms. The molecule has 0 aromatic heterocycles. The molecule has 2 aromatic carbocycles. The van der Waals surface area contributed by atoms with Crippen LogP contribution in [-0.4, -0.2) is 18.4 Å². The lowest BCUT2D eigenvalue weighted by molar-refractivity contribution is 0.0939. The van der Waals surface area contributed by atoms with Gasteiger partial charge in [-0.3, -0.25) is 4.79 Å². The molecule has 0 saturated carbocycles. The fourth-order valence-corrected chi connectivity index (χ4v) is 2.09. The summed E-state index contributed by atoms with van der Waals surface area (Å²) in [5, 5.41) is 2.58. The molecule has 0 spiro atoms. The maximum atomic E-state index is 11.9. The zero-order valence-electron chi connectivity index (χ0n) is 14.4. The predicted molar refractivity (Wildman–Crippen MR) is 97.1 cm³/mol. The van der Waals surface area contributed by atoms with Crippen LogP contribution >= 0.6 is 0 Å². The lowest BCUT2D eigenvalue weighted by atomic mass is 10.0.